The van der Waals surface area contributed by atoms with E-state index in [9.17, 15) is 8.42 Å². The van der Waals surface area contributed by atoms with E-state index < -0.39 is 10.1 Å². The highest BCUT2D eigenvalue weighted by Gasteiger charge is 2.06. The second-order valence-electron chi connectivity index (χ2n) is 4.80. The fourth-order valence-corrected chi connectivity index (χ4v) is 1.87. The van der Waals surface area contributed by atoms with Crippen molar-refractivity contribution in [3.8, 4) is 0 Å². The van der Waals surface area contributed by atoms with E-state index in [-0.39, 0.29) is 4.90 Å². The first-order chi connectivity index (χ1) is 8.77. The van der Waals surface area contributed by atoms with E-state index >= 15 is 0 Å². The van der Waals surface area contributed by atoms with Gasteiger partial charge < -0.3 is 4.90 Å². The molecule has 0 amide bonds. The van der Waals surface area contributed by atoms with Gasteiger partial charge in [-0.2, -0.15) is 8.42 Å². The monoisotopic (exact) mass is 287 g/mol. The van der Waals surface area contributed by atoms with Crippen LogP contribution in [0, 0.1) is 6.92 Å². The zero-order valence-corrected chi connectivity index (χ0v) is 13.1. The molecule has 0 saturated heterocycles. The SMILES string of the molecule is CCCCCN(C)C.Cc1ccc(S(=O)(=O)O)cc1. The number of rotatable bonds is 5. The van der Waals surface area contributed by atoms with Gasteiger partial charge in [-0.1, -0.05) is 37.5 Å². The van der Waals surface area contributed by atoms with Crippen LogP contribution in [0.15, 0.2) is 29.2 Å². The van der Waals surface area contributed by atoms with Crippen LogP contribution < -0.4 is 0 Å². The van der Waals surface area contributed by atoms with Gasteiger partial charge in [-0.3, -0.25) is 4.55 Å². The zero-order chi connectivity index (χ0) is 14.9. The Kier molecular flexibility index (Phi) is 8.63. The Hall–Kier alpha value is -0.910. The van der Waals surface area contributed by atoms with Gasteiger partial charge in [0.1, 0.15) is 0 Å². The van der Waals surface area contributed by atoms with Crippen LogP contribution in [-0.2, 0) is 10.1 Å². The summed E-state index contributed by atoms with van der Waals surface area (Å²) < 4.78 is 29.6. The number of unbranched alkanes of at least 4 members (excludes halogenated alkanes) is 2. The minimum Gasteiger partial charge on any atom is -0.309 e. The second kappa shape index (κ2) is 9.07. The summed E-state index contributed by atoms with van der Waals surface area (Å²) in [5.74, 6) is 0. The molecule has 1 aromatic carbocycles. The van der Waals surface area contributed by atoms with Gasteiger partial charge >= 0.3 is 0 Å². The number of aryl methyl sites for hydroxylation is 1. The van der Waals surface area contributed by atoms with Crippen molar-refractivity contribution in [2.45, 2.75) is 38.0 Å². The normalized spacial score (nSPS) is 11.1. The molecule has 0 unspecified atom stereocenters. The average Bonchev–Trinajstić information content (AvgIpc) is 2.29. The van der Waals surface area contributed by atoms with Crippen LogP contribution in [0.1, 0.15) is 31.7 Å². The summed E-state index contributed by atoms with van der Waals surface area (Å²) in [4.78, 5) is 2.17. The maximum atomic E-state index is 10.5. The van der Waals surface area contributed by atoms with Crippen LogP contribution in [0.3, 0.4) is 0 Å². The molecule has 0 heterocycles. The molecule has 0 spiro atoms. The van der Waals surface area contributed by atoms with Crippen molar-refractivity contribution < 1.29 is 13.0 Å². The van der Waals surface area contributed by atoms with Gasteiger partial charge in [-0.15, -0.1) is 0 Å². The summed E-state index contributed by atoms with van der Waals surface area (Å²) in [6, 6.07) is 5.99. The van der Waals surface area contributed by atoms with Crippen LogP contribution in [0.5, 0.6) is 0 Å². The fourth-order valence-electron chi connectivity index (χ4n) is 1.39. The predicted molar refractivity (Wildman–Crippen MR) is 79.1 cm³/mol. The van der Waals surface area contributed by atoms with Crippen LogP contribution >= 0.6 is 0 Å². The average molecular weight is 287 g/mol. The third kappa shape index (κ3) is 9.64. The lowest BCUT2D eigenvalue weighted by Gasteiger charge is -2.06. The van der Waals surface area contributed by atoms with Crippen molar-refractivity contribution in [1.29, 1.82) is 0 Å². The summed E-state index contributed by atoms with van der Waals surface area (Å²) in [6.45, 7) is 5.32. The van der Waals surface area contributed by atoms with Crippen LogP contribution in [0.25, 0.3) is 0 Å². The minimum absolute atomic E-state index is 0.0666. The van der Waals surface area contributed by atoms with Crippen molar-refractivity contribution in [2.24, 2.45) is 0 Å². The van der Waals surface area contributed by atoms with Gasteiger partial charge in [0.25, 0.3) is 10.1 Å². The molecule has 1 N–H and O–H groups in total. The molecule has 1 rings (SSSR count). The van der Waals surface area contributed by atoms with Crippen molar-refractivity contribution in [3.05, 3.63) is 29.8 Å². The highest BCUT2D eigenvalue weighted by molar-refractivity contribution is 7.85. The molecule has 0 aliphatic carbocycles. The number of hydrogen-bond donors (Lipinski definition) is 1. The lowest BCUT2D eigenvalue weighted by Crippen LogP contribution is -2.12. The van der Waals surface area contributed by atoms with Gasteiger partial charge in [0.05, 0.1) is 4.90 Å². The molecule has 0 aliphatic rings. The maximum absolute atomic E-state index is 10.5. The maximum Gasteiger partial charge on any atom is 0.294 e. The number of nitrogens with zero attached hydrogens (tertiary/aromatic N) is 1. The molecule has 0 saturated carbocycles. The zero-order valence-electron chi connectivity index (χ0n) is 12.3. The molecule has 0 aliphatic heterocycles. The molecule has 4 nitrogen and oxygen atoms in total. The Labute approximate surface area is 117 Å². The fraction of sp³-hybridized carbons (Fsp3) is 0.571. The highest BCUT2D eigenvalue weighted by atomic mass is 32.2. The lowest BCUT2D eigenvalue weighted by molar-refractivity contribution is 0.393. The quantitative estimate of drug-likeness (QED) is 0.668. The standard InChI is InChI=1S/C7H17N.C7H8O3S/c1-4-5-6-7-8(2)3;1-6-2-4-7(5-3-6)11(8,9)10/h4-7H2,1-3H3;2-5H,1H3,(H,8,9,10). The van der Waals surface area contributed by atoms with E-state index in [4.69, 9.17) is 4.55 Å². The highest BCUT2D eigenvalue weighted by Crippen LogP contribution is 2.08. The van der Waals surface area contributed by atoms with Gasteiger partial charge in [0.15, 0.2) is 0 Å². The molecule has 0 atom stereocenters. The third-order valence-electron chi connectivity index (χ3n) is 2.53. The van der Waals surface area contributed by atoms with Crippen LogP contribution in [-0.4, -0.2) is 38.5 Å². The van der Waals surface area contributed by atoms with Gasteiger partial charge in [0, 0.05) is 0 Å². The number of hydrogen-bond acceptors (Lipinski definition) is 3. The summed E-state index contributed by atoms with van der Waals surface area (Å²) in [6.07, 6.45) is 4.05. The Morgan fingerprint density at radius 2 is 1.63 bits per heavy atom. The molecule has 0 bridgehead atoms. The van der Waals surface area contributed by atoms with Crippen LogP contribution in [0.4, 0.5) is 0 Å². The summed E-state index contributed by atoms with van der Waals surface area (Å²) in [7, 11) is 0.222. The van der Waals surface area contributed by atoms with E-state index in [2.05, 4.69) is 25.9 Å². The molecule has 0 aromatic heterocycles. The first kappa shape index (κ1) is 18.1. The summed E-state index contributed by atoms with van der Waals surface area (Å²) in [5.41, 5.74) is 0.956. The lowest BCUT2D eigenvalue weighted by atomic mass is 10.2. The van der Waals surface area contributed by atoms with Gasteiger partial charge in [-0.25, -0.2) is 0 Å². The first-order valence-electron chi connectivity index (χ1n) is 6.46. The second-order valence-corrected chi connectivity index (χ2v) is 6.22. The van der Waals surface area contributed by atoms with Crippen LogP contribution in [0.2, 0.25) is 0 Å². The van der Waals surface area contributed by atoms with Gasteiger partial charge in [0.2, 0.25) is 0 Å². The largest absolute Gasteiger partial charge is 0.309 e. The van der Waals surface area contributed by atoms with E-state index in [0.29, 0.717) is 0 Å². The topological polar surface area (TPSA) is 57.6 Å². The van der Waals surface area contributed by atoms with E-state index in [1.54, 1.807) is 12.1 Å². The molecular formula is C14H25NO3S. The van der Waals surface area contributed by atoms with Crippen molar-refractivity contribution in [1.82, 2.24) is 4.90 Å². The third-order valence-corrected chi connectivity index (χ3v) is 3.40. The van der Waals surface area contributed by atoms with Crippen molar-refractivity contribution in [2.75, 3.05) is 20.6 Å². The Bertz CT molecular complexity index is 438. The molecule has 0 fully saturated rings. The molecule has 0 radical (unpaired) electrons. The van der Waals surface area contributed by atoms with Crippen molar-refractivity contribution >= 4 is 10.1 Å². The van der Waals surface area contributed by atoms with E-state index in [0.717, 1.165) is 5.56 Å². The van der Waals surface area contributed by atoms with Gasteiger partial charge in [-0.05, 0) is 46.1 Å². The predicted octanol–water partition coefficient (Wildman–Crippen LogP) is 2.98. The Morgan fingerprint density at radius 3 is 2.00 bits per heavy atom. The number of benzene rings is 1. The minimum atomic E-state index is -4.02. The molecule has 110 valence electrons. The molecule has 1 aromatic rings. The summed E-state index contributed by atoms with van der Waals surface area (Å²) >= 11 is 0. The van der Waals surface area contributed by atoms with Crippen molar-refractivity contribution in [3.63, 3.8) is 0 Å². The molecular weight excluding hydrogens is 262 g/mol. The first-order valence-corrected chi connectivity index (χ1v) is 7.90. The molecule has 5 heteroatoms. The van der Waals surface area contributed by atoms with E-state index in [1.807, 2.05) is 6.92 Å². The Balaban J connectivity index is 0.000000362. The summed E-state index contributed by atoms with van der Waals surface area (Å²) in [5, 5.41) is 0. The smallest absolute Gasteiger partial charge is 0.294 e. The Morgan fingerprint density at radius 1 is 1.11 bits per heavy atom. The van der Waals surface area contributed by atoms with E-state index in [1.165, 1.54) is 37.9 Å². The molecule has 19 heavy (non-hydrogen) atoms.